The molecule has 0 aromatic heterocycles. The Morgan fingerprint density at radius 2 is 2.04 bits per heavy atom. The Morgan fingerprint density at radius 1 is 1.33 bits per heavy atom. The van der Waals surface area contributed by atoms with E-state index in [1.165, 1.54) is 0 Å². The fourth-order valence-corrected chi connectivity index (χ4v) is 2.61. The van der Waals surface area contributed by atoms with Gasteiger partial charge in [-0.1, -0.05) is 6.92 Å². The number of rotatable bonds is 9. The molecule has 1 rings (SSSR count). The zero-order chi connectivity index (χ0) is 17.8. The third-order valence-electron chi connectivity index (χ3n) is 4.16. The standard InChI is InChI=1S/C17H35N5O2/c1-5-9-18-17(19-14-16(23)21(2)3)20-15-7-11-22(12-8-15)10-6-13-24-4/h15H,5-14H2,1-4H3,(H2,18,19,20). The highest BCUT2D eigenvalue weighted by Crippen LogP contribution is 2.10. The van der Waals surface area contributed by atoms with Gasteiger partial charge in [0, 0.05) is 60.0 Å². The summed E-state index contributed by atoms with van der Waals surface area (Å²) in [5.74, 6) is 0.769. The van der Waals surface area contributed by atoms with Crippen molar-refractivity contribution in [3.63, 3.8) is 0 Å². The van der Waals surface area contributed by atoms with Crippen LogP contribution in [0.2, 0.25) is 0 Å². The lowest BCUT2D eigenvalue weighted by Gasteiger charge is -2.33. The fraction of sp³-hybridized carbons (Fsp3) is 0.882. The van der Waals surface area contributed by atoms with Crippen LogP contribution in [0.3, 0.4) is 0 Å². The lowest BCUT2D eigenvalue weighted by atomic mass is 10.1. The second kappa shape index (κ2) is 12.1. The first-order chi connectivity index (χ1) is 11.6. The predicted molar refractivity (Wildman–Crippen MR) is 98.4 cm³/mol. The Balaban J connectivity index is 2.41. The number of methoxy groups -OCH3 is 1. The topological polar surface area (TPSA) is 69.2 Å². The first-order valence-electron chi connectivity index (χ1n) is 9.03. The van der Waals surface area contributed by atoms with Crippen molar-refractivity contribution in [3.05, 3.63) is 0 Å². The molecule has 1 heterocycles. The molecule has 1 fully saturated rings. The molecule has 0 unspecified atom stereocenters. The van der Waals surface area contributed by atoms with Crippen LogP contribution in [0.25, 0.3) is 0 Å². The Hall–Kier alpha value is -1.34. The summed E-state index contributed by atoms with van der Waals surface area (Å²) >= 11 is 0. The van der Waals surface area contributed by atoms with Crippen molar-refractivity contribution in [2.75, 3.05) is 60.5 Å². The number of amides is 1. The summed E-state index contributed by atoms with van der Waals surface area (Å²) in [5.41, 5.74) is 0. The van der Waals surface area contributed by atoms with Gasteiger partial charge >= 0.3 is 0 Å². The van der Waals surface area contributed by atoms with Gasteiger partial charge < -0.3 is 25.2 Å². The highest BCUT2D eigenvalue weighted by atomic mass is 16.5. The number of guanidine groups is 1. The largest absolute Gasteiger partial charge is 0.385 e. The molecule has 0 radical (unpaired) electrons. The molecule has 0 bridgehead atoms. The third-order valence-corrected chi connectivity index (χ3v) is 4.16. The molecular formula is C17H35N5O2. The van der Waals surface area contributed by atoms with Crippen molar-refractivity contribution in [1.29, 1.82) is 0 Å². The molecule has 7 nitrogen and oxygen atoms in total. The maximum Gasteiger partial charge on any atom is 0.243 e. The van der Waals surface area contributed by atoms with E-state index in [9.17, 15) is 4.79 Å². The van der Waals surface area contributed by atoms with Gasteiger partial charge in [0.15, 0.2) is 5.96 Å². The monoisotopic (exact) mass is 341 g/mol. The van der Waals surface area contributed by atoms with Crippen molar-refractivity contribution >= 4 is 11.9 Å². The zero-order valence-electron chi connectivity index (χ0n) is 15.8. The second-order valence-corrected chi connectivity index (χ2v) is 6.49. The number of piperidine rings is 1. The molecule has 0 aromatic carbocycles. The second-order valence-electron chi connectivity index (χ2n) is 6.49. The van der Waals surface area contributed by atoms with Gasteiger partial charge in [-0.3, -0.25) is 4.79 Å². The molecule has 1 aliphatic heterocycles. The van der Waals surface area contributed by atoms with E-state index in [1.807, 2.05) is 0 Å². The minimum absolute atomic E-state index is 0.0144. The SMILES string of the molecule is CCCNC(=NCC(=O)N(C)C)NC1CCN(CCCOC)CC1. The quantitative estimate of drug-likeness (QED) is 0.364. The summed E-state index contributed by atoms with van der Waals surface area (Å²) < 4.78 is 5.11. The first-order valence-corrected chi connectivity index (χ1v) is 9.03. The Bertz CT molecular complexity index is 379. The van der Waals surface area contributed by atoms with Crippen molar-refractivity contribution in [1.82, 2.24) is 20.4 Å². The van der Waals surface area contributed by atoms with Gasteiger partial charge in [0.1, 0.15) is 6.54 Å². The molecule has 1 saturated heterocycles. The van der Waals surface area contributed by atoms with E-state index in [-0.39, 0.29) is 12.5 Å². The van der Waals surface area contributed by atoms with Gasteiger partial charge in [-0.05, 0) is 25.7 Å². The van der Waals surface area contributed by atoms with Crippen LogP contribution in [0, 0.1) is 0 Å². The zero-order valence-corrected chi connectivity index (χ0v) is 15.8. The number of aliphatic imine (C=N–C) groups is 1. The van der Waals surface area contributed by atoms with Gasteiger partial charge in [0.2, 0.25) is 5.91 Å². The Kier molecular flexibility index (Phi) is 10.4. The van der Waals surface area contributed by atoms with Gasteiger partial charge in [-0.15, -0.1) is 0 Å². The molecule has 0 aromatic rings. The Labute approximate surface area is 146 Å². The molecular weight excluding hydrogens is 306 g/mol. The lowest BCUT2D eigenvalue weighted by Crippen LogP contribution is -2.49. The highest BCUT2D eigenvalue weighted by Gasteiger charge is 2.19. The first kappa shape index (κ1) is 20.7. The summed E-state index contributed by atoms with van der Waals surface area (Å²) in [7, 11) is 5.26. The number of carbonyl (C=O) groups is 1. The van der Waals surface area contributed by atoms with Gasteiger partial charge in [-0.2, -0.15) is 0 Å². The average molecular weight is 342 g/mol. The van der Waals surface area contributed by atoms with Crippen LogP contribution >= 0.6 is 0 Å². The van der Waals surface area contributed by atoms with Crippen molar-refractivity contribution in [3.8, 4) is 0 Å². The van der Waals surface area contributed by atoms with E-state index in [1.54, 1.807) is 26.1 Å². The third kappa shape index (κ3) is 8.49. The molecule has 0 aliphatic carbocycles. The number of hydrogen-bond donors (Lipinski definition) is 2. The maximum atomic E-state index is 11.7. The molecule has 1 amide bonds. The van der Waals surface area contributed by atoms with Gasteiger partial charge in [-0.25, -0.2) is 4.99 Å². The summed E-state index contributed by atoms with van der Waals surface area (Å²) in [6, 6.07) is 0.418. The van der Waals surface area contributed by atoms with E-state index >= 15 is 0 Å². The Morgan fingerprint density at radius 3 is 2.62 bits per heavy atom. The molecule has 7 heteroatoms. The molecule has 140 valence electrons. The van der Waals surface area contributed by atoms with Gasteiger partial charge in [0.25, 0.3) is 0 Å². The number of nitrogens with zero attached hydrogens (tertiary/aromatic N) is 3. The molecule has 24 heavy (non-hydrogen) atoms. The average Bonchev–Trinajstić information content (AvgIpc) is 2.58. The molecule has 0 atom stereocenters. The number of hydrogen-bond acceptors (Lipinski definition) is 4. The van der Waals surface area contributed by atoms with Crippen LogP contribution in [0.5, 0.6) is 0 Å². The van der Waals surface area contributed by atoms with E-state index in [2.05, 4.69) is 27.4 Å². The number of likely N-dealkylation sites (N-methyl/N-ethyl adjacent to an activating group) is 1. The smallest absolute Gasteiger partial charge is 0.243 e. The summed E-state index contributed by atoms with van der Waals surface area (Å²) in [6.07, 6.45) is 4.31. The predicted octanol–water partition coefficient (Wildman–Crippen LogP) is 0.521. The van der Waals surface area contributed by atoms with Crippen molar-refractivity contribution in [2.24, 2.45) is 4.99 Å². The van der Waals surface area contributed by atoms with Crippen LogP contribution in [0.4, 0.5) is 0 Å². The van der Waals surface area contributed by atoms with Crippen LogP contribution < -0.4 is 10.6 Å². The number of ether oxygens (including phenoxy) is 1. The van der Waals surface area contributed by atoms with Crippen LogP contribution in [-0.2, 0) is 9.53 Å². The van der Waals surface area contributed by atoms with Crippen LogP contribution in [-0.4, -0.2) is 88.2 Å². The molecule has 0 spiro atoms. The fourth-order valence-electron chi connectivity index (χ4n) is 2.61. The normalized spacial score (nSPS) is 16.9. The van der Waals surface area contributed by atoms with E-state index in [0.29, 0.717) is 6.04 Å². The summed E-state index contributed by atoms with van der Waals surface area (Å²) in [6.45, 7) is 7.29. The van der Waals surface area contributed by atoms with E-state index in [0.717, 1.165) is 64.4 Å². The molecule has 1 aliphatic rings. The minimum Gasteiger partial charge on any atom is -0.385 e. The lowest BCUT2D eigenvalue weighted by molar-refractivity contribution is -0.127. The molecule has 2 N–H and O–H groups in total. The summed E-state index contributed by atoms with van der Waals surface area (Å²) in [5, 5.41) is 6.79. The molecule has 0 saturated carbocycles. The van der Waals surface area contributed by atoms with E-state index in [4.69, 9.17) is 4.74 Å². The van der Waals surface area contributed by atoms with Crippen molar-refractivity contribution in [2.45, 2.75) is 38.6 Å². The highest BCUT2D eigenvalue weighted by molar-refractivity contribution is 5.84. The summed E-state index contributed by atoms with van der Waals surface area (Å²) in [4.78, 5) is 20.2. The minimum atomic E-state index is 0.0144. The number of likely N-dealkylation sites (tertiary alicyclic amines) is 1. The van der Waals surface area contributed by atoms with E-state index < -0.39 is 0 Å². The number of carbonyl (C=O) groups excluding carboxylic acids is 1. The number of nitrogens with one attached hydrogen (secondary N) is 2. The van der Waals surface area contributed by atoms with Crippen LogP contribution in [0.1, 0.15) is 32.6 Å². The maximum absolute atomic E-state index is 11.7. The van der Waals surface area contributed by atoms with Gasteiger partial charge in [0.05, 0.1) is 0 Å². The van der Waals surface area contributed by atoms with Crippen molar-refractivity contribution < 1.29 is 9.53 Å². The van der Waals surface area contributed by atoms with Crippen LogP contribution in [0.15, 0.2) is 4.99 Å².